The Labute approximate surface area is 152 Å². The number of nitrogens with zero attached hydrogens (tertiary/aromatic N) is 7. The molecule has 0 bridgehead atoms. The van der Waals surface area contributed by atoms with Crippen molar-refractivity contribution in [1.29, 1.82) is 0 Å². The SMILES string of the molecule is Cc1noc(C2CCCN2C(=O)c2cn(CCCc3noc(=O)[nH]3)nn2)n1. The highest BCUT2D eigenvalue weighted by Crippen LogP contribution is 2.31. The van der Waals surface area contributed by atoms with Crippen molar-refractivity contribution in [1.82, 2.24) is 40.2 Å². The van der Waals surface area contributed by atoms with Crippen molar-refractivity contribution >= 4 is 5.91 Å². The topological polar surface area (TPSA) is 149 Å². The number of H-pyrrole nitrogens is 1. The molecule has 0 saturated carbocycles. The smallest absolute Gasteiger partial charge is 0.337 e. The average Bonchev–Trinajstić information content (AvgIpc) is 3.41. The van der Waals surface area contributed by atoms with E-state index < -0.39 is 5.76 Å². The number of likely N-dealkylation sites (tertiary alicyclic amines) is 1. The van der Waals surface area contributed by atoms with Crippen LogP contribution in [0, 0.1) is 6.92 Å². The van der Waals surface area contributed by atoms with Gasteiger partial charge in [0.15, 0.2) is 17.3 Å². The highest BCUT2D eigenvalue weighted by molar-refractivity contribution is 5.92. The maximum Gasteiger partial charge on any atom is 0.438 e. The van der Waals surface area contributed by atoms with E-state index in [9.17, 15) is 9.59 Å². The average molecular weight is 374 g/mol. The van der Waals surface area contributed by atoms with Crippen molar-refractivity contribution in [3.05, 3.63) is 40.0 Å². The molecule has 1 saturated heterocycles. The molecule has 1 fully saturated rings. The monoisotopic (exact) mass is 374 g/mol. The first kappa shape index (κ1) is 17.1. The predicted octanol–water partition coefficient (Wildman–Crippen LogP) is 0.256. The molecule has 3 aromatic rings. The van der Waals surface area contributed by atoms with Crippen LogP contribution in [0.2, 0.25) is 0 Å². The van der Waals surface area contributed by atoms with Crippen LogP contribution in [0.25, 0.3) is 0 Å². The molecule has 4 rings (SSSR count). The van der Waals surface area contributed by atoms with Gasteiger partial charge < -0.3 is 9.42 Å². The molecule has 142 valence electrons. The maximum atomic E-state index is 12.8. The molecule has 1 unspecified atom stereocenters. The van der Waals surface area contributed by atoms with Gasteiger partial charge in [-0.2, -0.15) is 4.98 Å². The van der Waals surface area contributed by atoms with Gasteiger partial charge in [-0.15, -0.1) is 5.10 Å². The number of carbonyl (C=O) groups excluding carboxylic acids is 1. The first-order chi connectivity index (χ1) is 13.1. The molecule has 0 aromatic carbocycles. The first-order valence-corrected chi connectivity index (χ1v) is 8.66. The fraction of sp³-hybridized carbons (Fsp3) is 0.533. The summed E-state index contributed by atoms with van der Waals surface area (Å²) in [4.78, 5) is 32.1. The van der Waals surface area contributed by atoms with Gasteiger partial charge in [0.2, 0.25) is 5.89 Å². The Hall–Kier alpha value is -3.31. The highest BCUT2D eigenvalue weighted by Gasteiger charge is 2.35. The Morgan fingerprint density at radius 2 is 2.26 bits per heavy atom. The van der Waals surface area contributed by atoms with E-state index in [1.807, 2.05) is 0 Å². The van der Waals surface area contributed by atoms with Gasteiger partial charge in [0.25, 0.3) is 5.91 Å². The standard InChI is InChI=1S/C15H18N8O4/c1-9-16-13(26-19-9)11-4-2-7-23(11)14(24)10-8-22(21-18-10)6-3-5-12-17-15(25)27-20-12/h8,11H,2-7H2,1H3,(H,17,20,25). The summed E-state index contributed by atoms with van der Waals surface area (Å²) in [6.07, 6.45) is 4.44. The van der Waals surface area contributed by atoms with E-state index >= 15 is 0 Å². The minimum Gasteiger partial charge on any atom is -0.337 e. The van der Waals surface area contributed by atoms with Crippen molar-refractivity contribution in [3.63, 3.8) is 0 Å². The largest absolute Gasteiger partial charge is 0.438 e. The van der Waals surface area contributed by atoms with Crippen LogP contribution in [0.4, 0.5) is 0 Å². The van der Waals surface area contributed by atoms with Crippen molar-refractivity contribution < 1.29 is 13.8 Å². The lowest BCUT2D eigenvalue weighted by Gasteiger charge is -2.20. The van der Waals surface area contributed by atoms with Gasteiger partial charge in [-0.3, -0.25) is 19.0 Å². The molecule has 0 radical (unpaired) electrons. The predicted molar refractivity (Wildman–Crippen MR) is 87.5 cm³/mol. The zero-order valence-corrected chi connectivity index (χ0v) is 14.7. The van der Waals surface area contributed by atoms with Gasteiger partial charge in [0.05, 0.1) is 6.20 Å². The van der Waals surface area contributed by atoms with Crippen molar-refractivity contribution in [3.8, 4) is 0 Å². The maximum absolute atomic E-state index is 12.8. The third kappa shape index (κ3) is 3.64. The van der Waals surface area contributed by atoms with E-state index in [4.69, 9.17) is 4.52 Å². The van der Waals surface area contributed by atoms with E-state index in [1.165, 1.54) is 0 Å². The Kier molecular flexibility index (Phi) is 4.52. The Morgan fingerprint density at radius 1 is 1.37 bits per heavy atom. The van der Waals surface area contributed by atoms with Gasteiger partial charge in [0.1, 0.15) is 6.04 Å². The molecule has 1 N–H and O–H groups in total. The molecule has 1 atom stereocenters. The number of carbonyl (C=O) groups is 1. The molecular weight excluding hydrogens is 356 g/mol. The Balaban J connectivity index is 1.38. The highest BCUT2D eigenvalue weighted by atomic mass is 16.5. The number of hydrogen-bond acceptors (Lipinski definition) is 9. The second-order valence-corrected chi connectivity index (χ2v) is 6.35. The summed E-state index contributed by atoms with van der Waals surface area (Å²) in [5.74, 6) is 0.693. The van der Waals surface area contributed by atoms with E-state index in [1.54, 1.807) is 22.7 Å². The lowest BCUT2D eigenvalue weighted by atomic mass is 10.2. The van der Waals surface area contributed by atoms with E-state index in [0.29, 0.717) is 43.5 Å². The van der Waals surface area contributed by atoms with Crippen LogP contribution in [-0.4, -0.2) is 52.6 Å². The van der Waals surface area contributed by atoms with Gasteiger partial charge >= 0.3 is 5.76 Å². The minimum atomic E-state index is -0.574. The molecule has 3 aromatic heterocycles. The number of aromatic nitrogens is 7. The van der Waals surface area contributed by atoms with Crippen LogP contribution in [0.5, 0.6) is 0 Å². The third-order valence-electron chi connectivity index (χ3n) is 4.39. The van der Waals surface area contributed by atoms with Crippen LogP contribution in [0.1, 0.15) is 53.3 Å². The second kappa shape index (κ2) is 7.13. The molecule has 4 heterocycles. The summed E-state index contributed by atoms with van der Waals surface area (Å²) in [6, 6.07) is -0.229. The summed E-state index contributed by atoms with van der Waals surface area (Å²) in [5, 5.41) is 15.4. The molecule has 12 nitrogen and oxygen atoms in total. The molecule has 1 aliphatic rings. The zero-order chi connectivity index (χ0) is 18.8. The number of amides is 1. The summed E-state index contributed by atoms with van der Waals surface area (Å²) >= 11 is 0. The molecule has 1 amide bonds. The normalized spacial score (nSPS) is 16.9. The first-order valence-electron chi connectivity index (χ1n) is 8.66. The van der Waals surface area contributed by atoms with Crippen LogP contribution in [0.3, 0.4) is 0 Å². The summed E-state index contributed by atoms with van der Waals surface area (Å²) in [5.41, 5.74) is 0.271. The van der Waals surface area contributed by atoms with E-state index in [-0.39, 0.29) is 17.6 Å². The summed E-state index contributed by atoms with van der Waals surface area (Å²) < 4.78 is 11.3. The van der Waals surface area contributed by atoms with Crippen molar-refractivity contribution in [2.24, 2.45) is 0 Å². The molecule has 0 aliphatic carbocycles. The fourth-order valence-corrected chi connectivity index (χ4v) is 3.14. The van der Waals surface area contributed by atoms with Crippen molar-refractivity contribution in [2.45, 2.75) is 45.2 Å². The van der Waals surface area contributed by atoms with E-state index in [0.717, 1.165) is 12.8 Å². The summed E-state index contributed by atoms with van der Waals surface area (Å²) in [6.45, 7) is 2.88. The van der Waals surface area contributed by atoms with Gasteiger partial charge in [-0.05, 0) is 26.2 Å². The van der Waals surface area contributed by atoms with Crippen LogP contribution < -0.4 is 5.76 Å². The van der Waals surface area contributed by atoms with E-state index in [2.05, 4.69) is 35.1 Å². The Bertz CT molecular complexity index is 986. The van der Waals surface area contributed by atoms with Gasteiger partial charge in [0, 0.05) is 19.5 Å². The van der Waals surface area contributed by atoms with Gasteiger partial charge in [-0.25, -0.2) is 4.79 Å². The third-order valence-corrected chi connectivity index (χ3v) is 4.39. The number of nitrogens with one attached hydrogen (secondary N) is 1. The van der Waals surface area contributed by atoms with Crippen molar-refractivity contribution in [2.75, 3.05) is 6.54 Å². The number of aromatic amines is 1. The van der Waals surface area contributed by atoms with Gasteiger partial charge in [-0.1, -0.05) is 15.5 Å². The zero-order valence-electron chi connectivity index (χ0n) is 14.7. The number of aryl methyl sites for hydroxylation is 3. The van der Waals surface area contributed by atoms with Crippen LogP contribution >= 0.6 is 0 Å². The summed E-state index contributed by atoms with van der Waals surface area (Å²) in [7, 11) is 0. The molecule has 0 spiro atoms. The number of rotatable bonds is 6. The lowest BCUT2D eigenvalue weighted by Crippen LogP contribution is -2.31. The minimum absolute atomic E-state index is 0.208. The molecule has 1 aliphatic heterocycles. The fourth-order valence-electron chi connectivity index (χ4n) is 3.14. The van der Waals surface area contributed by atoms with Crippen LogP contribution in [0.15, 0.2) is 20.0 Å². The molecular formula is C15H18N8O4. The Morgan fingerprint density at radius 3 is 3.00 bits per heavy atom. The molecule has 12 heteroatoms. The lowest BCUT2D eigenvalue weighted by molar-refractivity contribution is 0.0704. The number of hydrogen-bond donors (Lipinski definition) is 1. The quantitative estimate of drug-likeness (QED) is 0.641. The van der Waals surface area contributed by atoms with Crippen LogP contribution in [-0.2, 0) is 13.0 Å². The molecule has 27 heavy (non-hydrogen) atoms. The second-order valence-electron chi connectivity index (χ2n) is 6.35.